The third-order valence-corrected chi connectivity index (χ3v) is 8.37. The van der Waals surface area contributed by atoms with Crippen LogP contribution >= 0.6 is 23.4 Å². The smallest absolute Gasteiger partial charge is 0.206 e. The average molecular weight is 454 g/mol. The number of sulfone groups is 1. The number of hydrogen-bond acceptors (Lipinski definition) is 7. The van der Waals surface area contributed by atoms with Gasteiger partial charge in [-0.25, -0.2) is 8.42 Å². The summed E-state index contributed by atoms with van der Waals surface area (Å²) in [6.45, 7) is 3.65. The number of ether oxygens (including phenoxy) is 1. The number of carbonyl (C=O) groups excluding carboxylic acids is 1. The van der Waals surface area contributed by atoms with Crippen LogP contribution in [0.3, 0.4) is 0 Å². The number of aliphatic hydroxyl groups is 1. The Hall–Kier alpha value is -1.58. The van der Waals surface area contributed by atoms with Gasteiger partial charge in [-0.2, -0.15) is 0 Å². The zero-order valence-corrected chi connectivity index (χ0v) is 18.3. The van der Waals surface area contributed by atoms with Gasteiger partial charge in [0, 0.05) is 11.4 Å². The maximum atomic E-state index is 13.0. The summed E-state index contributed by atoms with van der Waals surface area (Å²) in [5.41, 5.74) is -1.85. The minimum absolute atomic E-state index is 0.0147. The van der Waals surface area contributed by atoms with E-state index in [1.54, 1.807) is 24.8 Å². The van der Waals surface area contributed by atoms with E-state index in [1.165, 1.54) is 36.4 Å². The molecule has 1 N–H and O–H groups in total. The maximum Gasteiger partial charge on any atom is 0.206 e. The zero-order valence-electron chi connectivity index (χ0n) is 15.9. The molecule has 0 aromatic heterocycles. The highest BCUT2D eigenvalue weighted by Crippen LogP contribution is 2.44. The molecule has 2 aliphatic rings. The molecule has 2 aliphatic heterocycles. The van der Waals surface area contributed by atoms with Crippen molar-refractivity contribution >= 4 is 38.3 Å². The highest BCUT2D eigenvalue weighted by molar-refractivity contribution is 8.14. The Morgan fingerprint density at radius 2 is 1.79 bits per heavy atom. The molecular formula is C20H20ClNO5S2. The summed E-state index contributed by atoms with van der Waals surface area (Å²) in [4.78, 5) is 13.7. The van der Waals surface area contributed by atoms with Crippen LogP contribution < -0.4 is 4.74 Å². The van der Waals surface area contributed by atoms with E-state index in [4.69, 9.17) is 16.3 Å². The van der Waals surface area contributed by atoms with Crippen molar-refractivity contribution in [2.45, 2.75) is 41.4 Å². The van der Waals surface area contributed by atoms with Crippen LogP contribution in [0.15, 0.2) is 52.3 Å². The molecule has 0 saturated carbocycles. The van der Waals surface area contributed by atoms with Crippen LogP contribution in [-0.4, -0.2) is 47.3 Å². The summed E-state index contributed by atoms with van der Waals surface area (Å²) < 4.78 is 32.1. The molecule has 0 spiro atoms. The number of halogens is 1. The quantitative estimate of drug-likeness (QED) is 0.764. The zero-order chi connectivity index (χ0) is 21.0. The predicted molar refractivity (Wildman–Crippen MR) is 111 cm³/mol. The third-order valence-electron chi connectivity index (χ3n) is 5.46. The highest BCUT2D eigenvalue weighted by Gasteiger charge is 2.55. The summed E-state index contributed by atoms with van der Waals surface area (Å²) in [5.74, 6) is 0.883. The lowest BCUT2D eigenvalue weighted by molar-refractivity contribution is -0.209. The number of carbonyl (C=O) groups is 1. The van der Waals surface area contributed by atoms with Gasteiger partial charge in [-0.3, -0.25) is 9.69 Å². The molecule has 2 aromatic rings. The van der Waals surface area contributed by atoms with Gasteiger partial charge in [0.1, 0.15) is 11.4 Å². The second-order valence-corrected chi connectivity index (χ2v) is 11.1. The largest absolute Gasteiger partial charge is 0.483 e. The molecule has 0 amide bonds. The number of hydrogen-bond donors (Lipinski definition) is 1. The van der Waals surface area contributed by atoms with Gasteiger partial charge in [-0.15, -0.1) is 0 Å². The molecule has 1 fully saturated rings. The van der Waals surface area contributed by atoms with Crippen molar-refractivity contribution in [3.63, 3.8) is 0 Å². The second-order valence-electron chi connectivity index (χ2n) is 7.68. The first-order chi connectivity index (χ1) is 13.5. The van der Waals surface area contributed by atoms with Crippen LogP contribution in [0.4, 0.5) is 0 Å². The molecule has 2 aromatic carbocycles. The van der Waals surface area contributed by atoms with Crippen molar-refractivity contribution in [1.29, 1.82) is 0 Å². The lowest BCUT2D eigenvalue weighted by Gasteiger charge is -2.50. The van der Waals surface area contributed by atoms with Crippen LogP contribution in [0.25, 0.3) is 0 Å². The van der Waals surface area contributed by atoms with E-state index in [0.717, 1.165) is 11.8 Å². The van der Waals surface area contributed by atoms with E-state index < -0.39 is 21.2 Å². The SMILES string of the molecule is CC1(C)Oc2ccc(S(=O)(=O)c3ccc(Cl)cc3)cc2CC1(O)N1CSC(=O)C1. The molecule has 6 nitrogen and oxygen atoms in total. The van der Waals surface area contributed by atoms with Gasteiger partial charge < -0.3 is 9.84 Å². The number of fused-ring (bicyclic) bond motifs is 1. The summed E-state index contributed by atoms with van der Waals surface area (Å²) in [5, 5.41) is 11.9. The summed E-state index contributed by atoms with van der Waals surface area (Å²) in [6, 6.07) is 10.6. The summed E-state index contributed by atoms with van der Waals surface area (Å²) in [7, 11) is -3.75. The van der Waals surface area contributed by atoms with Crippen LogP contribution in [0, 0.1) is 0 Å². The number of nitrogens with zero attached hydrogens (tertiary/aromatic N) is 1. The van der Waals surface area contributed by atoms with Gasteiger partial charge >= 0.3 is 0 Å². The van der Waals surface area contributed by atoms with Crippen molar-refractivity contribution in [1.82, 2.24) is 4.90 Å². The van der Waals surface area contributed by atoms with Crippen molar-refractivity contribution in [3.05, 3.63) is 53.1 Å². The van der Waals surface area contributed by atoms with E-state index in [9.17, 15) is 18.3 Å². The van der Waals surface area contributed by atoms with Gasteiger partial charge in [-0.1, -0.05) is 23.4 Å². The van der Waals surface area contributed by atoms with Gasteiger partial charge in [-0.05, 0) is 61.9 Å². The van der Waals surface area contributed by atoms with Crippen molar-refractivity contribution < 1.29 is 23.1 Å². The van der Waals surface area contributed by atoms with Crippen molar-refractivity contribution in [3.8, 4) is 5.75 Å². The fraction of sp³-hybridized carbons (Fsp3) is 0.350. The van der Waals surface area contributed by atoms with Crippen LogP contribution in [-0.2, 0) is 21.1 Å². The lowest BCUT2D eigenvalue weighted by Crippen LogP contribution is -2.66. The van der Waals surface area contributed by atoms with Gasteiger partial charge in [0.15, 0.2) is 5.72 Å². The Labute approximate surface area is 178 Å². The first-order valence-electron chi connectivity index (χ1n) is 8.99. The Morgan fingerprint density at radius 1 is 1.14 bits per heavy atom. The molecule has 0 aliphatic carbocycles. The molecule has 154 valence electrons. The average Bonchev–Trinajstić information content (AvgIpc) is 3.09. The minimum Gasteiger partial charge on any atom is -0.483 e. The molecule has 1 atom stereocenters. The molecule has 1 saturated heterocycles. The first-order valence-corrected chi connectivity index (χ1v) is 11.8. The lowest BCUT2D eigenvalue weighted by atomic mass is 9.83. The molecule has 1 unspecified atom stereocenters. The van der Waals surface area contributed by atoms with Gasteiger partial charge in [0.2, 0.25) is 15.0 Å². The molecule has 29 heavy (non-hydrogen) atoms. The summed E-state index contributed by atoms with van der Waals surface area (Å²) >= 11 is 7.01. The Bertz CT molecular complexity index is 1080. The Kier molecular flexibility index (Phi) is 4.99. The first kappa shape index (κ1) is 20.7. The van der Waals surface area contributed by atoms with E-state index in [1.807, 2.05) is 0 Å². The predicted octanol–water partition coefficient (Wildman–Crippen LogP) is 3.11. The molecular weight excluding hydrogens is 434 g/mol. The maximum absolute atomic E-state index is 13.0. The molecule has 9 heteroatoms. The molecule has 4 rings (SSSR count). The third kappa shape index (κ3) is 3.47. The van der Waals surface area contributed by atoms with E-state index in [-0.39, 0.29) is 27.9 Å². The van der Waals surface area contributed by atoms with E-state index >= 15 is 0 Å². The van der Waals surface area contributed by atoms with Crippen molar-refractivity contribution in [2.75, 3.05) is 12.4 Å². The highest BCUT2D eigenvalue weighted by atomic mass is 35.5. The molecule has 0 bridgehead atoms. The van der Waals surface area contributed by atoms with Crippen LogP contribution in [0.2, 0.25) is 5.02 Å². The van der Waals surface area contributed by atoms with E-state index in [2.05, 4.69) is 0 Å². The standard InChI is InChI=1S/C20H20ClNO5S2/c1-19(2)20(24,22-11-18(23)28-12-22)10-13-9-16(7-8-17(13)27-19)29(25,26)15-5-3-14(21)4-6-15/h3-9,24H,10-12H2,1-2H3. The fourth-order valence-corrected chi connectivity index (χ4v) is 5.96. The summed E-state index contributed by atoms with van der Waals surface area (Å²) in [6.07, 6.45) is 0.146. The Morgan fingerprint density at radius 3 is 2.41 bits per heavy atom. The number of rotatable bonds is 3. The normalized spacial score (nSPS) is 24.2. The van der Waals surface area contributed by atoms with Crippen molar-refractivity contribution in [2.24, 2.45) is 0 Å². The fourth-order valence-electron chi connectivity index (χ4n) is 3.67. The van der Waals surface area contributed by atoms with Gasteiger partial charge in [0.25, 0.3) is 0 Å². The molecule has 0 radical (unpaired) electrons. The number of benzene rings is 2. The Balaban J connectivity index is 1.74. The van der Waals surface area contributed by atoms with E-state index in [0.29, 0.717) is 22.2 Å². The number of thioether (sulfide) groups is 1. The minimum atomic E-state index is -3.75. The molecule has 2 heterocycles. The topological polar surface area (TPSA) is 83.9 Å². The van der Waals surface area contributed by atoms with Crippen LogP contribution in [0.1, 0.15) is 19.4 Å². The second kappa shape index (κ2) is 6.99. The van der Waals surface area contributed by atoms with Crippen LogP contribution in [0.5, 0.6) is 5.75 Å². The monoisotopic (exact) mass is 453 g/mol. The van der Waals surface area contributed by atoms with Gasteiger partial charge in [0.05, 0.1) is 22.2 Å².